The predicted molar refractivity (Wildman–Crippen MR) is 71.2 cm³/mol. The number of carbonyl (C=O) groups is 1. The maximum atomic E-state index is 11.1. The van der Waals surface area contributed by atoms with Crippen LogP contribution in [0.25, 0.3) is 10.9 Å². The average Bonchev–Trinajstić information content (AvgIpc) is 2.97. The van der Waals surface area contributed by atoms with Gasteiger partial charge in [0.2, 0.25) is 0 Å². The maximum absolute atomic E-state index is 11.1. The number of fused-ring (bicyclic) bond motifs is 1. The third kappa shape index (κ3) is 1.89. The van der Waals surface area contributed by atoms with E-state index < -0.39 is 5.97 Å². The summed E-state index contributed by atoms with van der Waals surface area (Å²) in [6.45, 7) is 0.454. The minimum Gasteiger partial charge on any atom is -0.477 e. The summed E-state index contributed by atoms with van der Waals surface area (Å²) >= 11 is 0. The van der Waals surface area contributed by atoms with E-state index in [0.29, 0.717) is 6.54 Å². The first-order valence-corrected chi connectivity index (χ1v) is 5.96. The van der Waals surface area contributed by atoms with Crippen molar-refractivity contribution >= 4 is 16.9 Å². The van der Waals surface area contributed by atoms with Gasteiger partial charge in [0.05, 0.1) is 17.8 Å². The molecule has 96 valence electrons. The molecule has 0 amide bonds. The van der Waals surface area contributed by atoms with E-state index in [1.54, 1.807) is 22.9 Å². The Labute approximate surface area is 109 Å². The first-order chi connectivity index (χ1) is 9.16. The van der Waals surface area contributed by atoms with E-state index in [0.717, 1.165) is 16.6 Å². The minimum absolute atomic E-state index is 0.273. The Hall–Kier alpha value is -2.56. The van der Waals surface area contributed by atoms with Crippen LogP contribution in [-0.2, 0) is 13.6 Å². The van der Waals surface area contributed by atoms with E-state index in [2.05, 4.69) is 5.10 Å². The summed E-state index contributed by atoms with van der Waals surface area (Å²) in [6, 6.07) is 11.2. The highest BCUT2D eigenvalue weighted by atomic mass is 16.4. The molecule has 1 aromatic carbocycles. The number of para-hydroxylation sites is 1. The second kappa shape index (κ2) is 4.28. The fourth-order valence-corrected chi connectivity index (χ4v) is 2.31. The van der Waals surface area contributed by atoms with Gasteiger partial charge in [0.25, 0.3) is 0 Å². The van der Waals surface area contributed by atoms with Crippen LogP contribution in [0, 0.1) is 0 Å². The normalized spacial score (nSPS) is 11.0. The summed E-state index contributed by atoms with van der Waals surface area (Å²) in [7, 11) is 1.89. The van der Waals surface area contributed by atoms with E-state index in [1.807, 2.05) is 36.0 Å². The zero-order chi connectivity index (χ0) is 13.4. The van der Waals surface area contributed by atoms with E-state index in [4.69, 9.17) is 5.11 Å². The molecule has 0 saturated carbocycles. The number of nitrogens with zero attached hydrogens (tertiary/aromatic N) is 3. The summed E-state index contributed by atoms with van der Waals surface area (Å²) in [5, 5.41) is 14.6. The summed E-state index contributed by atoms with van der Waals surface area (Å²) in [4.78, 5) is 11.1. The fraction of sp³-hybridized carbons (Fsp3) is 0.143. The third-order valence-electron chi connectivity index (χ3n) is 3.20. The van der Waals surface area contributed by atoms with Gasteiger partial charge in [-0.1, -0.05) is 18.2 Å². The van der Waals surface area contributed by atoms with Crippen LogP contribution in [0.2, 0.25) is 0 Å². The zero-order valence-electron chi connectivity index (χ0n) is 10.4. The molecule has 0 atom stereocenters. The molecule has 2 aromatic heterocycles. The molecule has 5 nitrogen and oxygen atoms in total. The summed E-state index contributed by atoms with van der Waals surface area (Å²) in [5.74, 6) is -0.926. The maximum Gasteiger partial charge on any atom is 0.352 e. The van der Waals surface area contributed by atoms with Crippen molar-refractivity contribution < 1.29 is 9.90 Å². The van der Waals surface area contributed by atoms with Gasteiger partial charge >= 0.3 is 5.97 Å². The van der Waals surface area contributed by atoms with Crippen molar-refractivity contribution in [2.75, 3.05) is 0 Å². The summed E-state index contributed by atoms with van der Waals surface area (Å²) in [5.41, 5.74) is 2.19. The molecule has 0 aliphatic rings. The highest BCUT2D eigenvalue weighted by Gasteiger charge is 2.12. The van der Waals surface area contributed by atoms with Crippen molar-refractivity contribution in [1.29, 1.82) is 0 Å². The molecular weight excluding hydrogens is 242 g/mol. The molecule has 0 bridgehead atoms. The monoisotopic (exact) mass is 255 g/mol. The average molecular weight is 255 g/mol. The van der Waals surface area contributed by atoms with Gasteiger partial charge in [-0.3, -0.25) is 4.68 Å². The van der Waals surface area contributed by atoms with Crippen LogP contribution in [0.5, 0.6) is 0 Å². The molecular formula is C14H13N3O2. The number of carboxylic acid groups (broad SMARTS) is 1. The number of rotatable bonds is 3. The highest BCUT2D eigenvalue weighted by molar-refractivity contribution is 5.86. The lowest BCUT2D eigenvalue weighted by Gasteiger charge is -2.04. The Morgan fingerprint density at radius 3 is 2.84 bits per heavy atom. The molecule has 0 spiro atoms. The SMILES string of the molecule is Cn1nc(Cn2cccc2C(=O)O)c2ccccc21. The molecule has 0 saturated heterocycles. The molecule has 0 aliphatic heterocycles. The molecule has 0 fully saturated rings. The van der Waals surface area contributed by atoms with Crippen molar-refractivity contribution in [3.05, 3.63) is 54.0 Å². The van der Waals surface area contributed by atoms with Crippen LogP contribution in [0.1, 0.15) is 16.2 Å². The van der Waals surface area contributed by atoms with Crippen molar-refractivity contribution in [2.24, 2.45) is 7.05 Å². The Kier molecular flexibility index (Phi) is 2.59. The Balaban J connectivity index is 2.06. The molecule has 3 rings (SSSR count). The Morgan fingerprint density at radius 1 is 1.26 bits per heavy atom. The van der Waals surface area contributed by atoms with Gasteiger partial charge in [0.1, 0.15) is 5.69 Å². The van der Waals surface area contributed by atoms with Crippen LogP contribution in [0.4, 0.5) is 0 Å². The molecule has 0 radical (unpaired) electrons. The second-order valence-corrected chi connectivity index (χ2v) is 4.41. The molecule has 19 heavy (non-hydrogen) atoms. The minimum atomic E-state index is -0.926. The van der Waals surface area contributed by atoms with Gasteiger partial charge in [0.15, 0.2) is 0 Å². The lowest BCUT2D eigenvalue weighted by molar-refractivity contribution is 0.0685. The Bertz CT molecular complexity index is 755. The molecule has 5 heteroatoms. The second-order valence-electron chi connectivity index (χ2n) is 4.41. The number of benzene rings is 1. The molecule has 2 heterocycles. The van der Waals surface area contributed by atoms with Crippen LogP contribution >= 0.6 is 0 Å². The van der Waals surface area contributed by atoms with E-state index >= 15 is 0 Å². The topological polar surface area (TPSA) is 60.0 Å². The van der Waals surface area contributed by atoms with E-state index in [9.17, 15) is 4.79 Å². The lowest BCUT2D eigenvalue weighted by Crippen LogP contribution is -2.09. The highest BCUT2D eigenvalue weighted by Crippen LogP contribution is 2.19. The van der Waals surface area contributed by atoms with Gasteiger partial charge in [-0.25, -0.2) is 4.79 Å². The van der Waals surface area contributed by atoms with Crippen molar-refractivity contribution in [2.45, 2.75) is 6.54 Å². The number of hydrogen-bond acceptors (Lipinski definition) is 2. The number of aromatic carboxylic acids is 1. The van der Waals surface area contributed by atoms with Crippen LogP contribution in [-0.4, -0.2) is 25.4 Å². The Morgan fingerprint density at radius 2 is 2.05 bits per heavy atom. The predicted octanol–water partition coefficient (Wildman–Crippen LogP) is 2.12. The first-order valence-electron chi connectivity index (χ1n) is 5.96. The van der Waals surface area contributed by atoms with Crippen LogP contribution in [0.15, 0.2) is 42.6 Å². The van der Waals surface area contributed by atoms with Crippen LogP contribution in [0.3, 0.4) is 0 Å². The molecule has 0 aliphatic carbocycles. The first kappa shape index (κ1) is 11.5. The number of hydrogen-bond donors (Lipinski definition) is 1. The number of aromatic nitrogens is 3. The molecule has 3 aromatic rings. The van der Waals surface area contributed by atoms with Crippen molar-refractivity contribution in [1.82, 2.24) is 14.3 Å². The third-order valence-corrected chi connectivity index (χ3v) is 3.20. The van der Waals surface area contributed by atoms with E-state index in [1.165, 1.54) is 0 Å². The van der Waals surface area contributed by atoms with Gasteiger partial charge < -0.3 is 9.67 Å². The quantitative estimate of drug-likeness (QED) is 0.779. The van der Waals surface area contributed by atoms with Crippen molar-refractivity contribution in [3.8, 4) is 0 Å². The van der Waals surface area contributed by atoms with Crippen LogP contribution < -0.4 is 0 Å². The van der Waals surface area contributed by atoms with E-state index in [-0.39, 0.29) is 5.69 Å². The zero-order valence-corrected chi connectivity index (χ0v) is 10.4. The van der Waals surface area contributed by atoms with Crippen molar-refractivity contribution in [3.63, 3.8) is 0 Å². The van der Waals surface area contributed by atoms with Gasteiger partial charge in [-0.15, -0.1) is 0 Å². The van der Waals surface area contributed by atoms with Gasteiger partial charge in [-0.2, -0.15) is 5.10 Å². The summed E-state index contributed by atoms with van der Waals surface area (Å²) in [6.07, 6.45) is 1.76. The standard InChI is InChI=1S/C14H13N3O2/c1-16-12-6-3-2-5-10(12)11(15-16)9-17-8-4-7-13(17)14(18)19/h2-8H,9H2,1H3,(H,18,19). The lowest BCUT2D eigenvalue weighted by atomic mass is 10.2. The molecule has 1 N–H and O–H groups in total. The number of aryl methyl sites for hydroxylation is 1. The summed E-state index contributed by atoms with van der Waals surface area (Å²) < 4.78 is 3.51. The largest absolute Gasteiger partial charge is 0.477 e. The van der Waals surface area contributed by atoms with Gasteiger partial charge in [0, 0.05) is 18.6 Å². The molecule has 0 unspecified atom stereocenters. The fourth-order valence-electron chi connectivity index (χ4n) is 2.31. The van der Waals surface area contributed by atoms with Gasteiger partial charge in [-0.05, 0) is 18.2 Å². The number of carboxylic acids is 1. The smallest absolute Gasteiger partial charge is 0.352 e.